The number of hydrogen-bond donors (Lipinski definition) is 2. The van der Waals surface area contributed by atoms with E-state index in [1.165, 1.54) is 11.1 Å². The van der Waals surface area contributed by atoms with Crippen molar-refractivity contribution < 1.29 is 9.47 Å². The molecule has 32 heavy (non-hydrogen) atoms. The SMILES string of the molecule is CCNC(=NCc1ccc(CN2CC(C)OC(C)C2)cc1)NCC(C)N1CCOCC1.I. The van der Waals surface area contributed by atoms with E-state index < -0.39 is 0 Å². The summed E-state index contributed by atoms with van der Waals surface area (Å²) in [6.45, 7) is 17.7. The van der Waals surface area contributed by atoms with Gasteiger partial charge in [-0.05, 0) is 38.8 Å². The number of morpholine rings is 2. The second-order valence-electron chi connectivity index (χ2n) is 8.84. The smallest absolute Gasteiger partial charge is 0.191 e. The highest BCUT2D eigenvalue weighted by Gasteiger charge is 2.22. The fraction of sp³-hybridized carbons (Fsp3) is 0.708. The first-order valence-electron chi connectivity index (χ1n) is 11.8. The number of halogens is 1. The molecule has 3 atom stereocenters. The molecule has 2 saturated heterocycles. The molecule has 1 aromatic carbocycles. The summed E-state index contributed by atoms with van der Waals surface area (Å²) < 4.78 is 11.3. The average molecular weight is 560 g/mol. The summed E-state index contributed by atoms with van der Waals surface area (Å²) in [6, 6.07) is 9.32. The minimum atomic E-state index is 0. The Bertz CT molecular complexity index is 671. The van der Waals surface area contributed by atoms with Gasteiger partial charge in [0.15, 0.2) is 5.96 Å². The van der Waals surface area contributed by atoms with E-state index >= 15 is 0 Å². The van der Waals surface area contributed by atoms with Gasteiger partial charge in [-0.15, -0.1) is 24.0 Å². The number of nitrogens with zero attached hydrogens (tertiary/aromatic N) is 3. The summed E-state index contributed by atoms with van der Waals surface area (Å²) in [5.74, 6) is 0.878. The highest BCUT2D eigenvalue weighted by Crippen LogP contribution is 2.15. The van der Waals surface area contributed by atoms with Crippen LogP contribution in [0.15, 0.2) is 29.3 Å². The number of rotatable bonds is 8. The van der Waals surface area contributed by atoms with Crippen molar-refractivity contribution in [3.8, 4) is 0 Å². The maximum Gasteiger partial charge on any atom is 0.191 e. The van der Waals surface area contributed by atoms with Crippen LogP contribution in [0.2, 0.25) is 0 Å². The second-order valence-corrected chi connectivity index (χ2v) is 8.84. The fourth-order valence-corrected chi connectivity index (χ4v) is 4.33. The van der Waals surface area contributed by atoms with Crippen LogP contribution in [0.4, 0.5) is 0 Å². The van der Waals surface area contributed by atoms with Crippen LogP contribution < -0.4 is 10.6 Å². The molecule has 182 valence electrons. The monoisotopic (exact) mass is 559 g/mol. The van der Waals surface area contributed by atoms with E-state index in [9.17, 15) is 0 Å². The minimum Gasteiger partial charge on any atom is -0.379 e. The zero-order chi connectivity index (χ0) is 22.1. The Morgan fingerprint density at radius 2 is 1.69 bits per heavy atom. The predicted octanol–water partition coefficient (Wildman–Crippen LogP) is 2.69. The number of hydrogen-bond acceptors (Lipinski definition) is 5. The van der Waals surface area contributed by atoms with E-state index in [-0.39, 0.29) is 24.0 Å². The van der Waals surface area contributed by atoms with E-state index in [2.05, 4.69) is 72.4 Å². The quantitative estimate of drug-likeness (QED) is 0.290. The third-order valence-electron chi connectivity index (χ3n) is 5.92. The van der Waals surface area contributed by atoms with Crippen LogP contribution in [-0.2, 0) is 22.6 Å². The molecule has 1 aromatic rings. The third-order valence-corrected chi connectivity index (χ3v) is 5.92. The summed E-state index contributed by atoms with van der Waals surface area (Å²) in [5, 5.41) is 6.86. The topological polar surface area (TPSA) is 61.4 Å². The molecule has 0 spiro atoms. The lowest BCUT2D eigenvalue weighted by molar-refractivity contribution is -0.0704. The summed E-state index contributed by atoms with van der Waals surface area (Å²) in [6.07, 6.45) is 0.612. The molecule has 2 N–H and O–H groups in total. The summed E-state index contributed by atoms with van der Waals surface area (Å²) in [5.41, 5.74) is 2.57. The molecule has 2 heterocycles. The molecule has 0 aliphatic carbocycles. The van der Waals surface area contributed by atoms with Crippen molar-refractivity contribution in [2.45, 2.75) is 59.0 Å². The van der Waals surface area contributed by atoms with Crippen molar-refractivity contribution >= 4 is 29.9 Å². The molecule has 2 aliphatic rings. The molecule has 0 saturated carbocycles. The van der Waals surface area contributed by atoms with Gasteiger partial charge in [-0.25, -0.2) is 4.99 Å². The molecule has 8 heteroatoms. The molecule has 0 bridgehead atoms. The van der Waals surface area contributed by atoms with Crippen molar-refractivity contribution in [1.29, 1.82) is 0 Å². The summed E-state index contributed by atoms with van der Waals surface area (Å²) in [4.78, 5) is 9.74. The maximum absolute atomic E-state index is 5.84. The molecule has 2 fully saturated rings. The lowest BCUT2D eigenvalue weighted by Gasteiger charge is -2.35. The van der Waals surface area contributed by atoms with E-state index in [4.69, 9.17) is 14.5 Å². The van der Waals surface area contributed by atoms with Crippen molar-refractivity contribution in [2.24, 2.45) is 4.99 Å². The van der Waals surface area contributed by atoms with Crippen molar-refractivity contribution in [1.82, 2.24) is 20.4 Å². The average Bonchev–Trinajstić information content (AvgIpc) is 2.76. The molecule has 0 amide bonds. The molecule has 0 radical (unpaired) electrons. The Kier molecular flexibility index (Phi) is 12.2. The standard InChI is InChI=1S/C24H41N5O2.HI/c1-5-25-24(26-14-19(2)29-10-12-30-13-11-29)27-15-22-6-8-23(9-7-22)18-28-16-20(3)31-21(4)17-28;/h6-9,19-21H,5,10-18H2,1-4H3,(H2,25,26,27);1H. The van der Waals surface area contributed by atoms with Crippen molar-refractivity contribution in [3.63, 3.8) is 0 Å². The highest BCUT2D eigenvalue weighted by atomic mass is 127. The summed E-state index contributed by atoms with van der Waals surface area (Å²) in [7, 11) is 0. The Morgan fingerprint density at radius 1 is 1.06 bits per heavy atom. The van der Waals surface area contributed by atoms with Gasteiger partial charge in [0.25, 0.3) is 0 Å². The van der Waals surface area contributed by atoms with Crippen LogP contribution >= 0.6 is 24.0 Å². The summed E-state index contributed by atoms with van der Waals surface area (Å²) >= 11 is 0. The maximum atomic E-state index is 5.84. The predicted molar refractivity (Wildman–Crippen MR) is 142 cm³/mol. The van der Waals surface area contributed by atoms with Gasteiger partial charge < -0.3 is 20.1 Å². The zero-order valence-corrected chi connectivity index (χ0v) is 22.5. The fourth-order valence-electron chi connectivity index (χ4n) is 4.33. The van der Waals surface area contributed by atoms with Crippen molar-refractivity contribution in [3.05, 3.63) is 35.4 Å². The Morgan fingerprint density at radius 3 is 2.31 bits per heavy atom. The lowest BCUT2D eigenvalue weighted by atomic mass is 10.1. The van der Waals surface area contributed by atoms with E-state index in [0.29, 0.717) is 24.8 Å². The van der Waals surface area contributed by atoms with Gasteiger partial charge >= 0.3 is 0 Å². The van der Waals surface area contributed by atoms with Crippen LogP contribution in [0.5, 0.6) is 0 Å². The molecule has 3 rings (SSSR count). The van der Waals surface area contributed by atoms with Crippen LogP contribution in [0.25, 0.3) is 0 Å². The Labute approximate surface area is 211 Å². The van der Waals surface area contributed by atoms with Gasteiger partial charge in [0.2, 0.25) is 0 Å². The first-order valence-corrected chi connectivity index (χ1v) is 11.8. The van der Waals surface area contributed by atoms with Gasteiger partial charge in [-0.1, -0.05) is 24.3 Å². The number of guanidine groups is 1. The number of benzene rings is 1. The zero-order valence-electron chi connectivity index (χ0n) is 20.2. The van der Waals surface area contributed by atoms with Crippen LogP contribution in [0.3, 0.4) is 0 Å². The molecule has 2 aliphatic heterocycles. The number of nitrogens with one attached hydrogen (secondary N) is 2. The van der Waals surface area contributed by atoms with E-state index in [1.54, 1.807) is 0 Å². The van der Waals surface area contributed by atoms with Gasteiger partial charge in [0.1, 0.15) is 0 Å². The van der Waals surface area contributed by atoms with E-state index in [1.807, 2.05) is 0 Å². The first kappa shape index (κ1) is 27.3. The molecular formula is C24H42IN5O2. The first-order chi connectivity index (χ1) is 15.0. The Balaban J connectivity index is 0.00000363. The van der Waals surface area contributed by atoms with Crippen molar-refractivity contribution in [2.75, 3.05) is 52.5 Å². The van der Waals surface area contributed by atoms with Crippen LogP contribution in [-0.4, -0.2) is 86.5 Å². The molecule has 7 nitrogen and oxygen atoms in total. The van der Waals surface area contributed by atoms with Gasteiger partial charge in [0.05, 0.1) is 32.0 Å². The van der Waals surface area contributed by atoms with Crippen LogP contribution in [0, 0.1) is 0 Å². The van der Waals surface area contributed by atoms with Gasteiger partial charge in [-0.2, -0.15) is 0 Å². The van der Waals surface area contributed by atoms with Crippen LogP contribution in [0.1, 0.15) is 38.8 Å². The minimum absolute atomic E-state index is 0. The van der Waals surface area contributed by atoms with Gasteiger partial charge in [0, 0.05) is 51.9 Å². The van der Waals surface area contributed by atoms with Gasteiger partial charge in [-0.3, -0.25) is 9.80 Å². The largest absolute Gasteiger partial charge is 0.379 e. The highest BCUT2D eigenvalue weighted by molar-refractivity contribution is 14.0. The molecule has 3 unspecified atom stereocenters. The number of ether oxygens (including phenoxy) is 2. The second kappa shape index (κ2) is 14.3. The third kappa shape index (κ3) is 9.13. The molecular weight excluding hydrogens is 517 g/mol. The number of aliphatic imine (C=N–C) groups is 1. The molecule has 0 aromatic heterocycles. The lowest BCUT2D eigenvalue weighted by Crippen LogP contribution is -2.49. The van der Waals surface area contributed by atoms with E-state index in [0.717, 1.165) is 65.0 Å². The Hall–Kier alpha value is -0.940. The normalized spacial score (nSPS) is 23.9.